The third-order valence-electron chi connectivity index (χ3n) is 4.22. The van der Waals surface area contributed by atoms with E-state index in [1.807, 2.05) is 0 Å². The molecule has 0 aromatic carbocycles. The number of carboxylic acid groups (broad SMARTS) is 1. The lowest BCUT2D eigenvalue weighted by Gasteiger charge is -2.27. The minimum absolute atomic E-state index is 0.160. The number of hydrogen-bond acceptors (Lipinski definition) is 2. The molecule has 2 rings (SSSR count). The van der Waals surface area contributed by atoms with Gasteiger partial charge in [-0.15, -0.1) is 6.58 Å². The molecule has 15 heavy (non-hydrogen) atoms. The first-order chi connectivity index (χ1) is 7.15. The van der Waals surface area contributed by atoms with Crippen molar-refractivity contribution in [2.75, 3.05) is 0 Å². The first kappa shape index (κ1) is 10.2. The van der Waals surface area contributed by atoms with Crippen LogP contribution in [0.5, 0.6) is 0 Å². The molecular weight excluding hydrogens is 190 g/mol. The number of nitriles is 1. The lowest BCUT2D eigenvalue weighted by atomic mass is 9.73. The summed E-state index contributed by atoms with van der Waals surface area (Å²) in [6.07, 6.45) is 5.23. The van der Waals surface area contributed by atoms with Crippen LogP contribution in [0.25, 0.3) is 0 Å². The van der Waals surface area contributed by atoms with E-state index in [0.717, 1.165) is 19.3 Å². The third kappa shape index (κ3) is 1.21. The first-order valence-corrected chi connectivity index (χ1v) is 5.42. The second-order valence-corrected chi connectivity index (χ2v) is 4.68. The largest absolute Gasteiger partial charge is 0.481 e. The average Bonchev–Trinajstić information content (AvgIpc) is 2.71. The van der Waals surface area contributed by atoms with Gasteiger partial charge in [0.1, 0.15) is 0 Å². The molecule has 0 radical (unpaired) electrons. The zero-order valence-electron chi connectivity index (χ0n) is 8.65. The number of nitrogens with zero attached hydrogens (tertiary/aromatic N) is 1. The summed E-state index contributed by atoms with van der Waals surface area (Å²) in [4.78, 5) is 11.1. The minimum Gasteiger partial charge on any atom is -0.481 e. The summed E-state index contributed by atoms with van der Waals surface area (Å²) in [5.41, 5.74) is -0.426. The first-order valence-electron chi connectivity index (χ1n) is 5.42. The number of allylic oxidation sites excluding steroid dienone is 1. The van der Waals surface area contributed by atoms with Gasteiger partial charge in [0.2, 0.25) is 0 Å². The lowest BCUT2D eigenvalue weighted by Crippen LogP contribution is -2.29. The van der Waals surface area contributed by atoms with Gasteiger partial charge in [-0.1, -0.05) is 12.5 Å². The van der Waals surface area contributed by atoms with Crippen LogP contribution in [0.3, 0.4) is 0 Å². The molecule has 4 atom stereocenters. The Morgan fingerprint density at radius 3 is 2.93 bits per heavy atom. The van der Waals surface area contributed by atoms with Crippen molar-refractivity contribution in [3.63, 3.8) is 0 Å². The topological polar surface area (TPSA) is 61.1 Å². The van der Waals surface area contributed by atoms with E-state index in [-0.39, 0.29) is 11.8 Å². The molecule has 1 N–H and O–H groups in total. The number of carboxylic acids is 1. The molecule has 0 amide bonds. The van der Waals surface area contributed by atoms with Gasteiger partial charge in [0.15, 0.2) is 0 Å². The predicted molar refractivity (Wildman–Crippen MR) is 54.8 cm³/mol. The second-order valence-electron chi connectivity index (χ2n) is 4.68. The molecule has 2 fully saturated rings. The van der Waals surface area contributed by atoms with Crippen LogP contribution < -0.4 is 0 Å². The van der Waals surface area contributed by atoms with Gasteiger partial charge in [-0.2, -0.15) is 5.26 Å². The molecule has 0 saturated heterocycles. The van der Waals surface area contributed by atoms with E-state index in [4.69, 9.17) is 5.11 Å². The summed E-state index contributed by atoms with van der Waals surface area (Å²) in [5, 5.41) is 18.5. The van der Waals surface area contributed by atoms with Crippen molar-refractivity contribution in [2.45, 2.75) is 25.7 Å². The Kier molecular flexibility index (Phi) is 2.30. The van der Waals surface area contributed by atoms with Crippen LogP contribution in [0, 0.1) is 34.5 Å². The van der Waals surface area contributed by atoms with Gasteiger partial charge in [-0.3, -0.25) is 4.79 Å². The number of fused-ring (bicyclic) bond motifs is 1. The van der Waals surface area contributed by atoms with Crippen molar-refractivity contribution < 1.29 is 9.90 Å². The summed E-state index contributed by atoms with van der Waals surface area (Å²) in [5.74, 6) is -1.06. The fourth-order valence-corrected chi connectivity index (χ4v) is 3.53. The van der Waals surface area contributed by atoms with E-state index in [2.05, 4.69) is 12.6 Å². The van der Waals surface area contributed by atoms with E-state index in [0.29, 0.717) is 6.42 Å². The molecule has 2 saturated carbocycles. The van der Waals surface area contributed by atoms with Gasteiger partial charge >= 0.3 is 5.97 Å². The summed E-state index contributed by atoms with van der Waals surface area (Å²) in [7, 11) is 0. The lowest BCUT2D eigenvalue weighted by molar-refractivity contribution is -0.142. The summed E-state index contributed by atoms with van der Waals surface area (Å²) in [6, 6.07) is 2.39. The molecule has 0 heterocycles. The van der Waals surface area contributed by atoms with Gasteiger partial charge in [0.05, 0.1) is 17.4 Å². The molecule has 0 unspecified atom stereocenters. The second kappa shape index (κ2) is 3.37. The maximum absolute atomic E-state index is 11.1. The average molecular weight is 205 g/mol. The van der Waals surface area contributed by atoms with E-state index in [1.54, 1.807) is 6.08 Å². The van der Waals surface area contributed by atoms with Crippen LogP contribution in [-0.2, 0) is 4.79 Å². The van der Waals surface area contributed by atoms with Crippen molar-refractivity contribution in [3.8, 4) is 6.07 Å². The molecule has 0 aromatic heterocycles. The highest BCUT2D eigenvalue weighted by Crippen LogP contribution is 2.59. The number of rotatable bonds is 2. The van der Waals surface area contributed by atoms with Crippen molar-refractivity contribution in [1.29, 1.82) is 5.26 Å². The zero-order valence-corrected chi connectivity index (χ0v) is 8.65. The predicted octanol–water partition coefficient (Wildman–Crippen LogP) is 2.20. The molecule has 3 heteroatoms. The third-order valence-corrected chi connectivity index (χ3v) is 4.22. The highest BCUT2D eigenvalue weighted by Gasteiger charge is 2.58. The number of aliphatic carboxylic acids is 1. The van der Waals surface area contributed by atoms with Crippen LogP contribution in [0.1, 0.15) is 25.7 Å². The monoisotopic (exact) mass is 205 g/mol. The van der Waals surface area contributed by atoms with Gasteiger partial charge in [0, 0.05) is 5.92 Å². The number of hydrogen-bond donors (Lipinski definition) is 1. The maximum atomic E-state index is 11.1. The van der Waals surface area contributed by atoms with Gasteiger partial charge in [-0.05, 0) is 25.2 Å². The van der Waals surface area contributed by atoms with Crippen molar-refractivity contribution in [3.05, 3.63) is 12.7 Å². The highest BCUT2D eigenvalue weighted by atomic mass is 16.4. The highest BCUT2D eigenvalue weighted by molar-refractivity contribution is 5.71. The Bertz CT molecular complexity index is 344. The zero-order chi connectivity index (χ0) is 11.1. The fraction of sp³-hybridized carbons (Fsp3) is 0.667. The standard InChI is InChI=1S/C12H15NO2/c1-2-10-9(11(14)15)6-8-4-3-5-12(8,10)7-13/h2,8-10H,1,3-6H2,(H,14,15)/t8-,9+,10+,12+/m1/s1. The molecule has 0 aromatic rings. The van der Waals surface area contributed by atoms with E-state index in [1.165, 1.54) is 0 Å². The van der Waals surface area contributed by atoms with Gasteiger partial charge in [0.25, 0.3) is 0 Å². The van der Waals surface area contributed by atoms with E-state index >= 15 is 0 Å². The van der Waals surface area contributed by atoms with Crippen LogP contribution in [-0.4, -0.2) is 11.1 Å². The Balaban J connectivity index is 2.38. The SMILES string of the molecule is C=C[C@H]1[C@@H](C(=O)O)C[C@H]2CCC[C@]21C#N. The molecular formula is C12H15NO2. The quantitative estimate of drug-likeness (QED) is 0.703. The number of carbonyl (C=O) groups is 1. The normalized spacial score (nSPS) is 43.3. The smallest absolute Gasteiger partial charge is 0.307 e. The summed E-state index contributed by atoms with van der Waals surface area (Å²) < 4.78 is 0. The summed E-state index contributed by atoms with van der Waals surface area (Å²) >= 11 is 0. The van der Waals surface area contributed by atoms with Crippen molar-refractivity contribution >= 4 is 5.97 Å². The van der Waals surface area contributed by atoms with Crippen LogP contribution in [0.2, 0.25) is 0 Å². The Morgan fingerprint density at radius 2 is 2.40 bits per heavy atom. The van der Waals surface area contributed by atoms with Gasteiger partial charge in [-0.25, -0.2) is 0 Å². The van der Waals surface area contributed by atoms with E-state index in [9.17, 15) is 10.1 Å². The molecule has 0 aliphatic heterocycles. The fourth-order valence-electron chi connectivity index (χ4n) is 3.53. The van der Waals surface area contributed by atoms with Crippen molar-refractivity contribution in [1.82, 2.24) is 0 Å². The maximum Gasteiger partial charge on any atom is 0.307 e. The Morgan fingerprint density at radius 1 is 1.67 bits per heavy atom. The van der Waals surface area contributed by atoms with Gasteiger partial charge < -0.3 is 5.11 Å². The van der Waals surface area contributed by atoms with Crippen molar-refractivity contribution in [2.24, 2.45) is 23.2 Å². The van der Waals surface area contributed by atoms with Crippen LogP contribution in [0.4, 0.5) is 0 Å². The molecule has 3 nitrogen and oxygen atoms in total. The van der Waals surface area contributed by atoms with E-state index < -0.39 is 17.3 Å². The van der Waals surface area contributed by atoms with Crippen LogP contribution >= 0.6 is 0 Å². The molecule has 0 bridgehead atoms. The molecule has 0 spiro atoms. The molecule has 80 valence electrons. The van der Waals surface area contributed by atoms with Crippen LogP contribution in [0.15, 0.2) is 12.7 Å². The molecule has 2 aliphatic rings. The summed E-state index contributed by atoms with van der Waals surface area (Å²) in [6.45, 7) is 3.71. The minimum atomic E-state index is -0.774. The molecule has 2 aliphatic carbocycles. The Hall–Kier alpha value is -1.30. The Labute approximate surface area is 89.4 Å².